The fourth-order valence-electron chi connectivity index (χ4n) is 2.92. The number of hydrogen-bond donors (Lipinski definition) is 1. The van der Waals surface area contributed by atoms with E-state index < -0.39 is 0 Å². The van der Waals surface area contributed by atoms with Gasteiger partial charge in [0.1, 0.15) is 17.0 Å². The minimum absolute atomic E-state index is 0.0121. The molecular weight excluding hydrogens is 284 g/mol. The Kier molecular flexibility index (Phi) is 3.80. The van der Waals surface area contributed by atoms with E-state index in [0.29, 0.717) is 6.54 Å². The van der Waals surface area contributed by atoms with Crippen molar-refractivity contribution in [3.63, 3.8) is 0 Å². The van der Waals surface area contributed by atoms with Crippen molar-refractivity contribution in [1.29, 1.82) is 0 Å². The number of aryl methyl sites for hydroxylation is 1. The van der Waals surface area contributed by atoms with E-state index in [1.165, 1.54) is 16.9 Å². The fraction of sp³-hybridized carbons (Fsp3) is 0.533. The monoisotopic (exact) mass is 304 g/mol. The van der Waals surface area contributed by atoms with Crippen molar-refractivity contribution in [3.8, 4) is 0 Å². The summed E-state index contributed by atoms with van der Waals surface area (Å²) in [5.41, 5.74) is 1.40. The van der Waals surface area contributed by atoms with Gasteiger partial charge in [-0.2, -0.15) is 0 Å². The van der Waals surface area contributed by atoms with Crippen LogP contribution in [0, 0.1) is 5.92 Å². The van der Waals surface area contributed by atoms with Gasteiger partial charge in [-0.1, -0.05) is 6.92 Å². The number of nitrogens with zero attached hydrogens (tertiary/aromatic N) is 3. The molecule has 0 unspecified atom stereocenters. The van der Waals surface area contributed by atoms with Crippen molar-refractivity contribution in [3.05, 3.63) is 16.8 Å². The standard InChI is InChI=1S/C15H20N4OS/c1-9-4-5-10-11(6-9)21-15-13(10)14(17-8-18-15)19(3)7-12(20)16-2/h8-9H,4-7H2,1-3H3,(H,16,20)/t9-/m0/s1. The lowest BCUT2D eigenvalue weighted by molar-refractivity contribution is -0.119. The summed E-state index contributed by atoms with van der Waals surface area (Å²) in [6.45, 7) is 2.61. The van der Waals surface area contributed by atoms with Crippen molar-refractivity contribution < 1.29 is 4.79 Å². The van der Waals surface area contributed by atoms with Crippen molar-refractivity contribution >= 4 is 33.3 Å². The van der Waals surface area contributed by atoms with E-state index in [1.54, 1.807) is 24.7 Å². The van der Waals surface area contributed by atoms with Crippen LogP contribution in [0.5, 0.6) is 0 Å². The zero-order valence-corrected chi connectivity index (χ0v) is 13.5. The Morgan fingerprint density at radius 2 is 2.33 bits per heavy atom. The maximum Gasteiger partial charge on any atom is 0.239 e. The van der Waals surface area contributed by atoms with Gasteiger partial charge >= 0.3 is 0 Å². The topological polar surface area (TPSA) is 58.1 Å². The number of amides is 1. The van der Waals surface area contributed by atoms with Crippen LogP contribution < -0.4 is 10.2 Å². The summed E-state index contributed by atoms with van der Waals surface area (Å²) < 4.78 is 0. The average molecular weight is 304 g/mol. The average Bonchev–Trinajstić information content (AvgIpc) is 2.83. The third-order valence-corrected chi connectivity index (χ3v) is 5.26. The number of anilines is 1. The lowest BCUT2D eigenvalue weighted by Crippen LogP contribution is -2.33. The number of thiophene rings is 1. The number of hydrogen-bond acceptors (Lipinski definition) is 5. The van der Waals surface area contributed by atoms with Crippen LogP contribution in [0.2, 0.25) is 0 Å². The normalized spacial score (nSPS) is 17.6. The molecule has 2 heterocycles. The van der Waals surface area contributed by atoms with E-state index in [-0.39, 0.29) is 5.91 Å². The first-order valence-electron chi connectivity index (χ1n) is 7.27. The highest BCUT2D eigenvalue weighted by Crippen LogP contribution is 2.40. The molecule has 6 heteroatoms. The first-order valence-corrected chi connectivity index (χ1v) is 8.08. The number of likely N-dealkylation sites (N-methyl/N-ethyl adjacent to an activating group) is 2. The second-order valence-corrected chi connectivity index (χ2v) is 6.84. The second-order valence-electron chi connectivity index (χ2n) is 5.76. The van der Waals surface area contributed by atoms with E-state index in [2.05, 4.69) is 22.2 Å². The molecule has 1 aliphatic carbocycles. The molecule has 2 aromatic rings. The molecule has 5 nitrogen and oxygen atoms in total. The second kappa shape index (κ2) is 5.60. The Morgan fingerprint density at radius 1 is 1.52 bits per heavy atom. The quantitative estimate of drug-likeness (QED) is 0.942. The lowest BCUT2D eigenvalue weighted by Gasteiger charge is -2.21. The number of carbonyl (C=O) groups excluding carboxylic acids is 1. The fourth-order valence-corrected chi connectivity index (χ4v) is 4.26. The van der Waals surface area contributed by atoms with E-state index >= 15 is 0 Å². The predicted molar refractivity (Wildman–Crippen MR) is 85.9 cm³/mol. The molecule has 0 aromatic carbocycles. The summed E-state index contributed by atoms with van der Waals surface area (Å²) in [7, 11) is 3.56. The van der Waals surface area contributed by atoms with E-state index in [4.69, 9.17) is 0 Å². The predicted octanol–water partition coefficient (Wildman–Crippen LogP) is 2.00. The molecule has 2 aromatic heterocycles. The highest BCUT2D eigenvalue weighted by molar-refractivity contribution is 7.19. The van der Waals surface area contributed by atoms with Gasteiger partial charge in [-0.3, -0.25) is 4.79 Å². The summed E-state index contributed by atoms with van der Waals surface area (Å²) in [6, 6.07) is 0. The molecule has 1 N–H and O–H groups in total. The van der Waals surface area contributed by atoms with Crippen molar-refractivity contribution in [2.24, 2.45) is 5.92 Å². The molecule has 0 saturated heterocycles. The highest BCUT2D eigenvalue weighted by atomic mass is 32.1. The van der Waals surface area contributed by atoms with Crippen LogP contribution in [-0.4, -0.2) is 36.5 Å². The van der Waals surface area contributed by atoms with Gasteiger partial charge in [0, 0.05) is 19.0 Å². The molecular formula is C15H20N4OS. The molecule has 112 valence electrons. The smallest absolute Gasteiger partial charge is 0.239 e. The van der Waals surface area contributed by atoms with Gasteiger partial charge in [0.25, 0.3) is 0 Å². The molecule has 3 rings (SSSR count). The van der Waals surface area contributed by atoms with Crippen molar-refractivity contribution in [2.75, 3.05) is 25.5 Å². The maximum atomic E-state index is 11.6. The molecule has 0 bridgehead atoms. The van der Waals surface area contributed by atoms with Gasteiger partial charge in [0.05, 0.1) is 11.9 Å². The minimum Gasteiger partial charge on any atom is -0.358 e. The molecule has 0 aliphatic heterocycles. The van der Waals surface area contributed by atoms with Gasteiger partial charge in [-0.25, -0.2) is 9.97 Å². The molecule has 0 fully saturated rings. The molecule has 1 aliphatic rings. The Hall–Kier alpha value is -1.69. The van der Waals surface area contributed by atoms with Gasteiger partial charge in [0.15, 0.2) is 0 Å². The SMILES string of the molecule is CNC(=O)CN(C)c1ncnc2sc3c(c12)CC[C@H](C)C3. The summed E-state index contributed by atoms with van der Waals surface area (Å²) in [4.78, 5) is 24.9. The van der Waals surface area contributed by atoms with Gasteiger partial charge in [-0.15, -0.1) is 11.3 Å². The van der Waals surface area contributed by atoms with Crippen LogP contribution in [0.1, 0.15) is 23.8 Å². The van der Waals surface area contributed by atoms with Crippen LogP contribution in [0.3, 0.4) is 0 Å². The zero-order valence-electron chi connectivity index (χ0n) is 12.6. The first kappa shape index (κ1) is 14.3. The Balaban J connectivity index is 2.05. The maximum absolute atomic E-state index is 11.6. The van der Waals surface area contributed by atoms with Gasteiger partial charge in [0.2, 0.25) is 5.91 Å². The Labute approximate surface area is 128 Å². The summed E-state index contributed by atoms with van der Waals surface area (Å²) in [5.74, 6) is 1.60. The van der Waals surface area contributed by atoms with Gasteiger partial charge in [-0.05, 0) is 30.7 Å². The molecule has 0 saturated carbocycles. The van der Waals surface area contributed by atoms with E-state index in [0.717, 1.165) is 34.8 Å². The Morgan fingerprint density at radius 3 is 3.10 bits per heavy atom. The number of nitrogens with one attached hydrogen (secondary N) is 1. The molecule has 1 amide bonds. The number of carbonyl (C=O) groups is 1. The number of aromatic nitrogens is 2. The minimum atomic E-state index is -0.0121. The third kappa shape index (κ3) is 2.60. The largest absolute Gasteiger partial charge is 0.358 e. The van der Waals surface area contributed by atoms with Crippen LogP contribution in [0.15, 0.2) is 6.33 Å². The summed E-state index contributed by atoms with van der Waals surface area (Å²) in [5, 5.41) is 3.80. The van der Waals surface area contributed by atoms with Crippen LogP contribution in [-0.2, 0) is 17.6 Å². The van der Waals surface area contributed by atoms with E-state index in [1.807, 2.05) is 11.9 Å². The van der Waals surface area contributed by atoms with E-state index in [9.17, 15) is 4.79 Å². The molecule has 0 radical (unpaired) electrons. The lowest BCUT2D eigenvalue weighted by atomic mass is 9.89. The van der Waals surface area contributed by atoms with Gasteiger partial charge < -0.3 is 10.2 Å². The third-order valence-electron chi connectivity index (χ3n) is 4.09. The van der Waals surface area contributed by atoms with Crippen molar-refractivity contribution in [2.45, 2.75) is 26.2 Å². The van der Waals surface area contributed by atoms with Crippen molar-refractivity contribution in [1.82, 2.24) is 15.3 Å². The van der Waals surface area contributed by atoms with Crippen LogP contribution >= 0.6 is 11.3 Å². The number of rotatable bonds is 3. The molecule has 21 heavy (non-hydrogen) atoms. The Bertz CT molecular complexity index is 682. The van der Waals surface area contributed by atoms with Crippen LogP contribution in [0.25, 0.3) is 10.2 Å². The summed E-state index contributed by atoms with van der Waals surface area (Å²) >= 11 is 1.78. The summed E-state index contributed by atoms with van der Waals surface area (Å²) in [6.07, 6.45) is 5.04. The zero-order chi connectivity index (χ0) is 15.0. The van der Waals surface area contributed by atoms with Crippen LogP contribution in [0.4, 0.5) is 5.82 Å². The number of fused-ring (bicyclic) bond motifs is 3. The molecule has 0 spiro atoms. The first-order chi connectivity index (χ1) is 10.1. The highest BCUT2D eigenvalue weighted by Gasteiger charge is 2.24. The molecule has 1 atom stereocenters.